The molecule has 2 unspecified atom stereocenters. The van der Waals surface area contributed by atoms with Crippen molar-refractivity contribution in [1.29, 1.82) is 0 Å². The van der Waals surface area contributed by atoms with Crippen molar-refractivity contribution >= 4 is 0 Å². The summed E-state index contributed by atoms with van der Waals surface area (Å²) in [5.41, 5.74) is 1.55. The number of hydrogen-bond acceptors (Lipinski definition) is 2. The molecule has 1 saturated heterocycles. The van der Waals surface area contributed by atoms with Crippen LogP contribution in [0.1, 0.15) is 26.2 Å². The van der Waals surface area contributed by atoms with Crippen LogP contribution in [0, 0.1) is 5.92 Å². The smallest absolute Gasteiger partial charge is 0.0838 e. The molecule has 0 aromatic rings. The van der Waals surface area contributed by atoms with E-state index in [1.807, 2.05) is 0 Å². The molecule has 0 saturated carbocycles. The van der Waals surface area contributed by atoms with Crippen molar-refractivity contribution in [2.24, 2.45) is 5.92 Å². The van der Waals surface area contributed by atoms with E-state index in [0.717, 1.165) is 26.2 Å². The Morgan fingerprint density at radius 2 is 2.40 bits per heavy atom. The molecule has 15 heavy (non-hydrogen) atoms. The summed E-state index contributed by atoms with van der Waals surface area (Å²) in [5, 5.41) is 0. The second kappa shape index (κ2) is 5.47. The van der Waals surface area contributed by atoms with Crippen molar-refractivity contribution in [3.05, 3.63) is 23.8 Å². The van der Waals surface area contributed by atoms with E-state index in [2.05, 4.69) is 25.2 Å². The van der Waals surface area contributed by atoms with Gasteiger partial charge in [0.05, 0.1) is 25.9 Å². The summed E-state index contributed by atoms with van der Waals surface area (Å²) in [6, 6.07) is 0. The maximum absolute atomic E-state index is 5.71. The molecule has 2 atom stereocenters. The molecule has 0 radical (unpaired) electrons. The first-order valence-electron chi connectivity index (χ1n) is 5.90. The second-order valence-corrected chi connectivity index (χ2v) is 4.46. The Balaban J connectivity index is 1.82. The Labute approximate surface area is 92.0 Å². The highest BCUT2D eigenvalue weighted by Gasteiger charge is 2.22. The van der Waals surface area contributed by atoms with E-state index in [1.165, 1.54) is 12.8 Å². The van der Waals surface area contributed by atoms with Gasteiger partial charge in [0, 0.05) is 0 Å². The molecule has 84 valence electrons. The lowest BCUT2D eigenvalue weighted by Crippen LogP contribution is -2.34. The van der Waals surface area contributed by atoms with Crippen LogP contribution in [0.5, 0.6) is 0 Å². The van der Waals surface area contributed by atoms with Crippen LogP contribution in [-0.4, -0.2) is 25.9 Å². The summed E-state index contributed by atoms with van der Waals surface area (Å²) in [6.45, 7) is 4.55. The average Bonchev–Trinajstić information content (AvgIpc) is 2.31. The van der Waals surface area contributed by atoms with Gasteiger partial charge in [-0.2, -0.15) is 0 Å². The molecule has 0 aromatic heterocycles. The Hall–Kier alpha value is -0.600. The van der Waals surface area contributed by atoms with Gasteiger partial charge in [-0.15, -0.1) is 0 Å². The summed E-state index contributed by atoms with van der Waals surface area (Å²) in [4.78, 5) is 0. The van der Waals surface area contributed by atoms with Gasteiger partial charge in [0.15, 0.2) is 0 Å². The van der Waals surface area contributed by atoms with Crippen molar-refractivity contribution in [2.75, 3.05) is 19.8 Å². The summed E-state index contributed by atoms with van der Waals surface area (Å²) >= 11 is 0. The van der Waals surface area contributed by atoms with E-state index in [9.17, 15) is 0 Å². The molecule has 1 aliphatic heterocycles. The molecule has 2 heteroatoms. The Kier molecular flexibility index (Phi) is 3.98. The zero-order valence-corrected chi connectivity index (χ0v) is 9.45. The normalized spacial score (nSPS) is 28.6. The van der Waals surface area contributed by atoms with Gasteiger partial charge in [-0.05, 0) is 25.2 Å². The van der Waals surface area contributed by atoms with Crippen LogP contribution in [0.3, 0.4) is 0 Å². The van der Waals surface area contributed by atoms with E-state index in [1.54, 1.807) is 5.57 Å². The van der Waals surface area contributed by atoms with Gasteiger partial charge < -0.3 is 9.47 Å². The van der Waals surface area contributed by atoms with Gasteiger partial charge in [0.2, 0.25) is 0 Å². The third-order valence-corrected chi connectivity index (χ3v) is 3.16. The monoisotopic (exact) mass is 208 g/mol. The number of hydrogen-bond donors (Lipinski definition) is 0. The Bertz CT molecular complexity index is 249. The summed E-state index contributed by atoms with van der Waals surface area (Å²) in [7, 11) is 0. The van der Waals surface area contributed by atoms with Gasteiger partial charge in [-0.1, -0.05) is 30.7 Å². The van der Waals surface area contributed by atoms with Crippen molar-refractivity contribution in [3.63, 3.8) is 0 Å². The zero-order chi connectivity index (χ0) is 10.5. The molecule has 1 heterocycles. The fraction of sp³-hybridized carbons (Fsp3) is 0.692. The van der Waals surface area contributed by atoms with Gasteiger partial charge in [0.1, 0.15) is 0 Å². The fourth-order valence-corrected chi connectivity index (χ4v) is 2.20. The molecular weight excluding hydrogens is 188 g/mol. The molecule has 2 nitrogen and oxygen atoms in total. The zero-order valence-electron chi connectivity index (χ0n) is 9.45. The highest BCUT2D eigenvalue weighted by Crippen LogP contribution is 2.24. The van der Waals surface area contributed by atoms with Gasteiger partial charge in [0.25, 0.3) is 0 Å². The van der Waals surface area contributed by atoms with E-state index in [-0.39, 0.29) is 0 Å². The van der Waals surface area contributed by atoms with Crippen LogP contribution >= 0.6 is 0 Å². The highest BCUT2D eigenvalue weighted by atomic mass is 16.6. The topological polar surface area (TPSA) is 18.5 Å². The molecule has 1 aliphatic carbocycles. The number of allylic oxidation sites excluding steroid dienone is 4. The quantitative estimate of drug-likeness (QED) is 0.710. The molecule has 2 rings (SSSR count). The molecule has 0 bridgehead atoms. The lowest BCUT2D eigenvalue weighted by Gasteiger charge is -2.29. The third-order valence-electron chi connectivity index (χ3n) is 3.16. The van der Waals surface area contributed by atoms with Crippen LogP contribution in [0.4, 0.5) is 0 Å². The maximum atomic E-state index is 5.71. The van der Waals surface area contributed by atoms with Gasteiger partial charge >= 0.3 is 0 Å². The third kappa shape index (κ3) is 3.18. The molecule has 0 aromatic carbocycles. The van der Waals surface area contributed by atoms with Crippen LogP contribution in [0.25, 0.3) is 0 Å². The van der Waals surface area contributed by atoms with E-state index < -0.39 is 0 Å². The number of ether oxygens (including phenoxy) is 2. The largest absolute Gasteiger partial charge is 0.376 e. The SMILES string of the molecule is CC(CC1=CC=CCC1)C1COCCO1. The Morgan fingerprint density at radius 3 is 3.07 bits per heavy atom. The predicted octanol–water partition coefficient (Wildman–Crippen LogP) is 2.70. The highest BCUT2D eigenvalue weighted by molar-refractivity contribution is 5.18. The average molecular weight is 208 g/mol. The van der Waals surface area contributed by atoms with Crippen LogP contribution in [-0.2, 0) is 9.47 Å². The van der Waals surface area contributed by atoms with Crippen LogP contribution in [0.2, 0.25) is 0 Å². The minimum atomic E-state index is 0.297. The summed E-state index contributed by atoms with van der Waals surface area (Å²) < 4.78 is 11.1. The second-order valence-electron chi connectivity index (χ2n) is 4.46. The van der Waals surface area contributed by atoms with Crippen molar-refractivity contribution in [2.45, 2.75) is 32.3 Å². The predicted molar refractivity (Wildman–Crippen MR) is 60.8 cm³/mol. The molecule has 0 N–H and O–H groups in total. The minimum absolute atomic E-state index is 0.297. The number of rotatable bonds is 3. The lowest BCUT2D eigenvalue weighted by molar-refractivity contribution is -0.108. The van der Waals surface area contributed by atoms with Gasteiger partial charge in [-0.25, -0.2) is 0 Å². The lowest BCUT2D eigenvalue weighted by atomic mass is 9.91. The van der Waals surface area contributed by atoms with Crippen molar-refractivity contribution in [3.8, 4) is 0 Å². The maximum Gasteiger partial charge on any atom is 0.0838 e. The van der Waals surface area contributed by atoms with E-state index in [4.69, 9.17) is 9.47 Å². The van der Waals surface area contributed by atoms with Gasteiger partial charge in [-0.3, -0.25) is 0 Å². The van der Waals surface area contributed by atoms with E-state index >= 15 is 0 Å². The molecule has 1 fully saturated rings. The molecular formula is C13H20O2. The first-order valence-corrected chi connectivity index (χ1v) is 5.90. The first-order chi connectivity index (χ1) is 7.36. The van der Waals surface area contributed by atoms with E-state index in [0.29, 0.717) is 12.0 Å². The fourth-order valence-electron chi connectivity index (χ4n) is 2.20. The summed E-state index contributed by atoms with van der Waals surface area (Å²) in [6.07, 6.45) is 10.5. The molecule has 0 amide bonds. The standard InChI is InChI=1S/C13H20O2/c1-11(13-10-14-7-8-15-13)9-12-5-3-2-4-6-12/h2-3,5,11,13H,4,6-10H2,1H3. The molecule has 2 aliphatic rings. The van der Waals surface area contributed by atoms with Crippen molar-refractivity contribution in [1.82, 2.24) is 0 Å². The Morgan fingerprint density at radius 1 is 1.47 bits per heavy atom. The van der Waals surface area contributed by atoms with Crippen LogP contribution in [0.15, 0.2) is 23.8 Å². The van der Waals surface area contributed by atoms with Crippen LogP contribution < -0.4 is 0 Å². The van der Waals surface area contributed by atoms with Crippen molar-refractivity contribution < 1.29 is 9.47 Å². The molecule has 0 spiro atoms. The summed E-state index contributed by atoms with van der Waals surface area (Å²) in [5.74, 6) is 0.572. The first kappa shape index (κ1) is 10.9. The minimum Gasteiger partial charge on any atom is -0.376 e.